The molecule has 0 radical (unpaired) electrons. The highest BCUT2D eigenvalue weighted by molar-refractivity contribution is 9.10. The third kappa shape index (κ3) is 3.35. The molecule has 6 rings (SSSR count). The zero-order valence-corrected chi connectivity index (χ0v) is 20.0. The number of aryl methyl sites for hydroxylation is 1. The molecule has 2 bridgehead atoms. The second-order valence-corrected chi connectivity index (χ2v) is 9.89. The second-order valence-electron chi connectivity index (χ2n) is 9.04. The van der Waals surface area contributed by atoms with Crippen molar-refractivity contribution in [1.29, 1.82) is 0 Å². The van der Waals surface area contributed by atoms with E-state index in [0.29, 0.717) is 17.5 Å². The molecule has 1 amide bonds. The van der Waals surface area contributed by atoms with Crippen LogP contribution in [-0.4, -0.2) is 31.6 Å². The molecule has 1 fully saturated rings. The number of pyridine rings is 1. The highest BCUT2D eigenvalue weighted by Gasteiger charge is 2.43. The summed E-state index contributed by atoms with van der Waals surface area (Å²) in [5.74, 6) is -1.26. The number of hydrogen-bond acceptors (Lipinski definition) is 3. The van der Waals surface area contributed by atoms with Crippen LogP contribution in [0.3, 0.4) is 0 Å². The van der Waals surface area contributed by atoms with E-state index in [1.54, 1.807) is 17.9 Å². The number of halogens is 3. The first kappa shape index (κ1) is 21.4. The van der Waals surface area contributed by atoms with Gasteiger partial charge in [0.1, 0.15) is 11.6 Å². The lowest BCUT2D eigenvalue weighted by Crippen LogP contribution is -2.49. The van der Waals surface area contributed by atoms with Gasteiger partial charge in [-0.25, -0.2) is 8.78 Å². The first-order valence-corrected chi connectivity index (χ1v) is 12.1. The minimum atomic E-state index is -0.616. The van der Waals surface area contributed by atoms with Crippen LogP contribution in [0.1, 0.15) is 46.9 Å². The largest absolute Gasteiger partial charge is 0.327 e. The van der Waals surface area contributed by atoms with E-state index < -0.39 is 11.6 Å². The summed E-state index contributed by atoms with van der Waals surface area (Å²) in [7, 11) is 1.79. The van der Waals surface area contributed by atoms with Crippen LogP contribution in [-0.2, 0) is 13.5 Å². The normalized spacial score (nSPS) is 19.4. The lowest BCUT2D eigenvalue weighted by atomic mass is 9.81. The van der Waals surface area contributed by atoms with E-state index in [0.717, 1.165) is 57.7 Å². The van der Waals surface area contributed by atoms with Crippen molar-refractivity contribution < 1.29 is 13.6 Å². The maximum Gasteiger partial charge on any atom is 0.254 e. The van der Waals surface area contributed by atoms with E-state index in [1.165, 1.54) is 12.1 Å². The third-order valence-electron chi connectivity index (χ3n) is 6.98. The summed E-state index contributed by atoms with van der Waals surface area (Å²) >= 11 is 3.56. The minimum absolute atomic E-state index is 0.00754. The number of benzene rings is 2. The molecule has 172 valence electrons. The van der Waals surface area contributed by atoms with Crippen LogP contribution in [0.15, 0.2) is 53.1 Å². The number of amides is 1. The number of carbonyl (C=O) groups excluding carboxylic acids is 1. The lowest BCUT2D eigenvalue weighted by molar-refractivity contribution is 0.0392. The smallest absolute Gasteiger partial charge is 0.254 e. The molecule has 1 saturated heterocycles. The van der Waals surface area contributed by atoms with E-state index in [2.05, 4.69) is 20.9 Å². The lowest BCUT2D eigenvalue weighted by Gasteiger charge is -2.45. The fourth-order valence-electron chi connectivity index (χ4n) is 5.60. The maximum absolute atomic E-state index is 14.0. The Hall–Kier alpha value is -3.13. The molecular weight excluding hydrogens is 502 g/mol. The van der Waals surface area contributed by atoms with E-state index in [-0.39, 0.29) is 18.0 Å². The van der Waals surface area contributed by atoms with E-state index in [9.17, 15) is 13.6 Å². The van der Waals surface area contributed by atoms with Crippen molar-refractivity contribution in [1.82, 2.24) is 19.7 Å². The molecule has 0 aliphatic carbocycles. The fraction of sp³-hybridized carbons (Fsp3) is 0.269. The topological polar surface area (TPSA) is 51.0 Å². The molecule has 4 heterocycles. The predicted octanol–water partition coefficient (Wildman–Crippen LogP) is 5.97. The molecular formula is C26H21BrF2N4O. The first-order valence-electron chi connectivity index (χ1n) is 11.3. The van der Waals surface area contributed by atoms with Crippen LogP contribution < -0.4 is 0 Å². The van der Waals surface area contributed by atoms with Crippen LogP contribution >= 0.6 is 15.9 Å². The molecule has 2 unspecified atom stereocenters. The molecule has 8 heteroatoms. The Balaban J connectivity index is 1.43. The summed E-state index contributed by atoms with van der Waals surface area (Å²) in [5, 5.41) is 5.65. The highest BCUT2D eigenvalue weighted by Crippen LogP contribution is 2.45. The summed E-state index contributed by atoms with van der Waals surface area (Å²) in [6, 6.07) is 10.9. The fourth-order valence-corrected chi connectivity index (χ4v) is 6.03. The van der Waals surface area contributed by atoms with Gasteiger partial charge in [0.25, 0.3) is 5.91 Å². The van der Waals surface area contributed by atoms with Crippen LogP contribution in [0.4, 0.5) is 8.78 Å². The molecule has 5 nitrogen and oxygen atoms in total. The molecule has 4 aromatic rings. The summed E-state index contributed by atoms with van der Waals surface area (Å²) in [6.45, 7) is 0. The summed E-state index contributed by atoms with van der Waals surface area (Å²) in [5.41, 5.74) is 4.44. The summed E-state index contributed by atoms with van der Waals surface area (Å²) in [4.78, 5) is 20.1. The molecule has 0 N–H and O–H groups in total. The Morgan fingerprint density at radius 3 is 2.68 bits per heavy atom. The Labute approximate surface area is 203 Å². The van der Waals surface area contributed by atoms with Crippen molar-refractivity contribution in [3.8, 4) is 11.3 Å². The monoisotopic (exact) mass is 522 g/mol. The molecule has 2 aromatic carbocycles. The zero-order chi connectivity index (χ0) is 23.6. The van der Waals surface area contributed by atoms with E-state index in [4.69, 9.17) is 5.10 Å². The minimum Gasteiger partial charge on any atom is -0.327 e. The maximum atomic E-state index is 14.0. The van der Waals surface area contributed by atoms with Crippen molar-refractivity contribution in [3.05, 3.63) is 81.6 Å². The standard InChI is InChI=1S/C26H21BrF2N4O/c1-32-25(15-9-16(28)12-17(29)10-15)20-13-18-3-2-4-23(24(20)31-32)33(18)26(34)14-5-6-22-19(11-14)21(27)7-8-30-22/h5-12,18,23H,2-4,13H2,1H3. The van der Waals surface area contributed by atoms with Gasteiger partial charge in [-0.3, -0.25) is 14.5 Å². The number of carbonyl (C=O) groups is 1. The number of nitrogens with zero attached hydrogens (tertiary/aromatic N) is 4. The average Bonchev–Trinajstić information content (AvgIpc) is 3.13. The van der Waals surface area contributed by atoms with Crippen molar-refractivity contribution in [2.24, 2.45) is 7.05 Å². The SMILES string of the molecule is Cn1nc2c(c1-c1cc(F)cc(F)c1)CC1CCCC2N1C(=O)c1ccc2nccc(Br)c2c1. The predicted molar refractivity (Wildman–Crippen MR) is 128 cm³/mol. The van der Waals surface area contributed by atoms with Gasteiger partial charge in [0, 0.05) is 51.9 Å². The van der Waals surface area contributed by atoms with Gasteiger partial charge in [0.05, 0.1) is 22.9 Å². The molecule has 2 atom stereocenters. The van der Waals surface area contributed by atoms with Crippen LogP contribution in [0.2, 0.25) is 0 Å². The van der Waals surface area contributed by atoms with Crippen molar-refractivity contribution in [2.75, 3.05) is 0 Å². The van der Waals surface area contributed by atoms with Crippen molar-refractivity contribution in [3.63, 3.8) is 0 Å². The number of fused-ring (bicyclic) bond motifs is 5. The van der Waals surface area contributed by atoms with Gasteiger partial charge < -0.3 is 4.90 Å². The van der Waals surface area contributed by atoms with Crippen molar-refractivity contribution in [2.45, 2.75) is 37.8 Å². The molecule has 2 aliphatic rings. The summed E-state index contributed by atoms with van der Waals surface area (Å²) < 4.78 is 30.5. The molecule has 2 aliphatic heterocycles. The van der Waals surface area contributed by atoms with E-state index >= 15 is 0 Å². The van der Waals surface area contributed by atoms with Gasteiger partial charge in [-0.05, 0) is 62.1 Å². The number of hydrogen-bond donors (Lipinski definition) is 0. The Bertz CT molecular complexity index is 1450. The van der Waals surface area contributed by atoms with Gasteiger partial charge in [-0.1, -0.05) is 15.9 Å². The average molecular weight is 523 g/mol. The third-order valence-corrected chi connectivity index (χ3v) is 7.67. The van der Waals surface area contributed by atoms with E-state index in [1.807, 2.05) is 29.2 Å². The van der Waals surface area contributed by atoms with Gasteiger partial charge in [0.2, 0.25) is 0 Å². The molecule has 0 spiro atoms. The van der Waals surface area contributed by atoms with Gasteiger partial charge in [0.15, 0.2) is 0 Å². The van der Waals surface area contributed by atoms with Crippen LogP contribution in [0, 0.1) is 11.6 Å². The highest BCUT2D eigenvalue weighted by atomic mass is 79.9. The van der Waals surface area contributed by atoms with Crippen LogP contribution in [0.5, 0.6) is 0 Å². The molecule has 34 heavy (non-hydrogen) atoms. The Kier molecular flexibility index (Phi) is 5.02. The van der Waals surface area contributed by atoms with Gasteiger partial charge in [-0.15, -0.1) is 0 Å². The number of rotatable bonds is 2. The van der Waals surface area contributed by atoms with Crippen molar-refractivity contribution >= 4 is 32.7 Å². The first-order chi connectivity index (χ1) is 16.4. The Morgan fingerprint density at radius 2 is 1.88 bits per heavy atom. The van der Waals surface area contributed by atoms with Gasteiger partial charge >= 0.3 is 0 Å². The van der Waals surface area contributed by atoms with Crippen LogP contribution in [0.25, 0.3) is 22.2 Å². The quantitative estimate of drug-likeness (QED) is 0.326. The number of aromatic nitrogens is 3. The second kappa shape index (κ2) is 7.98. The number of piperidine rings is 1. The van der Waals surface area contributed by atoms with Gasteiger partial charge in [-0.2, -0.15) is 5.10 Å². The molecule has 2 aromatic heterocycles. The summed E-state index contributed by atoms with van der Waals surface area (Å²) in [6.07, 6.45) is 5.03. The zero-order valence-electron chi connectivity index (χ0n) is 18.4. The molecule has 0 saturated carbocycles. The Morgan fingerprint density at radius 1 is 1.09 bits per heavy atom.